The van der Waals surface area contributed by atoms with Gasteiger partial charge in [0.2, 0.25) is 0 Å². The van der Waals surface area contributed by atoms with Gasteiger partial charge in [0, 0.05) is 48.6 Å². The first-order chi connectivity index (χ1) is 10.8. The Kier molecular flexibility index (Phi) is 5.46. The third kappa shape index (κ3) is 2.72. The molecule has 1 N–H and O–H groups in total. The number of hydrogen-bond donors (Lipinski definition) is 1. The van der Waals surface area contributed by atoms with E-state index in [0.717, 1.165) is 18.7 Å². The van der Waals surface area contributed by atoms with Crippen LogP contribution >= 0.6 is 0 Å². The van der Waals surface area contributed by atoms with Crippen molar-refractivity contribution in [2.75, 3.05) is 31.6 Å². The predicted molar refractivity (Wildman–Crippen MR) is 95.6 cm³/mol. The van der Waals surface area contributed by atoms with Gasteiger partial charge in [0.15, 0.2) is 0 Å². The Bertz CT molecular complexity index is 592. The lowest BCUT2D eigenvalue weighted by atomic mass is 9.85. The van der Waals surface area contributed by atoms with Crippen LogP contribution in [0.2, 0.25) is 0 Å². The number of nitrogens with one attached hydrogen (secondary N) is 1. The zero-order valence-corrected chi connectivity index (χ0v) is 14.7. The maximum absolute atomic E-state index is 4.37. The Labute approximate surface area is 134 Å². The van der Waals surface area contributed by atoms with Crippen molar-refractivity contribution in [3.05, 3.63) is 24.5 Å². The molecule has 2 aliphatic heterocycles. The zero-order valence-electron chi connectivity index (χ0n) is 14.7. The number of nitrogens with zero attached hydrogens (tertiary/aromatic N) is 3. The van der Waals surface area contributed by atoms with Crippen molar-refractivity contribution in [2.45, 2.75) is 46.1 Å². The fourth-order valence-corrected chi connectivity index (χ4v) is 3.45. The Hall–Kier alpha value is -1.55. The van der Waals surface area contributed by atoms with Crippen LogP contribution in [0, 0.1) is 0 Å². The molecule has 22 heavy (non-hydrogen) atoms. The Morgan fingerprint density at radius 1 is 1.09 bits per heavy atom. The van der Waals surface area contributed by atoms with E-state index < -0.39 is 0 Å². The average Bonchev–Trinajstić information content (AvgIpc) is 3.25. The molecular weight excluding hydrogens is 272 g/mol. The molecule has 4 heteroatoms. The van der Waals surface area contributed by atoms with Crippen LogP contribution < -0.4 is 4.90 Å². The van der Waals surface area contributed by atoms with E-state index in [1.165, 1.54) is 30.5 Å². The van der Waals surface area contributed by atoms with E-state index in [1.54, 1.807) is 0 Å². The van der Waals surface area contributed by atoms with Crippen LogP contribution in [0.15, 0.2) is 24.5 Å². The van der Waals surface area contributed by atoms with Crippen LogP contribution in [0.25, 0.3) is 11.0 Å². The van der Waals surface area contributed by atoms with Crippen molar-refractivity contribution in [2.24, 2.45) is 0 Å². The van der Waals surface area contributed by atoms with Crippen LogP contribution in [0.3, 0.4) is 0 Å². The molecule has 2 fully saturated rings. The largest absolute Gasteiger partial charge is 0.369 e. The summed E-state index contributed by atoms with van der Waals surface area (Å²) in [5.41, 5.74) is 2.78. The minimum Gasteiger partial charge on any atom is -0.369 e. The molecule has 0 aliphatic carbocycles. The number of hydrogen-bond acceptors (Lipinski definition) is 3. The predicted octanol–water partition coefficient (Wildman–Crippen LogP) is 3.90. The van der Waals surface area contributed by atoms with E-state index in [2.05, 4.69) is 38.9 Å². The number of rotatable bonds is 1. The molecule has 1 unspecified atom stereocenters. The third-order valence-electron chi connectivity index (χ3n) is 4.83. The Morgan fingerprint density at radius 3 is 2.41 bits per heavy atom. The summed E-state index contributed by atoms with van der Waals surface area (Å²) < 4.78 is 0. The molecule has 0 bridgehead atoms. The van der Waals surface area contributed by atoms with E-state index in [-0.39, 0.29) is 0 Å². The number of likely N-dealkylation sites (tertiary alicyclic amines) is 1. The third-order valence-corrected chi connectivity index (χ3v) is 4.83. The second-order valence-corrected chi connectivity index (χ2v) is 5.64. The number of H-pyrrole nitrogens is 1. The van der Waals surface area contributed by atoms with Gasteiger partial charge in [-0.15, -0.1) is 0 Å². The lowest BCUT2D eigenvalue weighted by molar-refractivity contribution is 0.0307. The molecule has 122 valence electrons. The standard InChI is InChI=1S/C14H18N4.2C2H6/c1-17-8-4-14(17)5-9-18(10-14)12-3-7-16-13-11(12)2-6-15-13;2*1-2/h2-3,6-7H,4-5,8-10H2,1H3,(H,15,16);2*1-2H3. The molecule has 1 atom stereocenters. The molecule has 4 nitrogen and oxygen atoms in total. The van der Waals surface area contributed by atoms with E-state index in [0.29, 0.717) is 5.54 Å². The Morgan fingerprint density at radius 2 is 1.82 bits per heavy atom. The van der Waals surface area contributed by atoms with Crippen LogP contribution in [0.1, 0.15) is 40.5 Å². The van der Waals surface area contributed by atoms with E-state index in [1.807, 2.05) is 40.1 Å². The molecule has 0 aromatic carbocycles. The van der Waals surface area contributed by atoms with Gasteiger partial charge in [0.1, 0.15) is 5.65 Å². The summed E-state index contributed by atoms with van der Waals surface area (Å²) in [5, 5.41) is 1.25. The number of likely N-dealkylation sites (N-methyl/N-ethyl adjacent to an activating group) is 1. The van der Waals surface area contributed by atoms with Crippen molar-refractivity contribution in [3.8, 4) is 0 Å². The van der Waals surface area contributed by atoms with Gasteiger partial charge < -0.3 is 9.88 Å². The van der Waals surface area contributed by atoms with Crippen LogP contribution in [-0.4, -0.2) is 47.1 Å². The molecule has 0 saturated carbocycles. The fraction of sp³-hybridized carbons (Fsp3) is 0.611. The second-order valence-electron chi connectivity index (χ2n) is 5.64. The minimum absolute atomic E-state index is 0.450. The quantitative estimate of drug-likeness (QED) is 0.867. The minimum atomic E-state index is 0.450. The van der Waals surface area contributed by atoms with Crippen molar-refractivity contribution in [3.63, 3.8) is 0 Å². The molecular formula is C18H30N4. The molecule has 0 radical (unpaired) electrons. The number of fused-ring (bicyclic) bond motifs is 1. The van der Waals surface area contributed by atoms with Gasteiger partial charge in [-0.25, -0.2) is 4.98 Å². The summed E-state index contributed by atoms with van der Waals surface area (Å²) in [6.45, 7) is 11.6. The topological polar surface area (TPSA) is 35.2 Å². The number of aromatic amines is 1. The van der Waals surface area contributed by atoms with Gasteiger partial charge >= 0.3 is 0 Å². The molecule has 2 aromatic rings. The van der Waals surface area contributed by atoms with Crippen molar-refractivity contribution in [1.82, 2.24) is 14.9 Å². The summed E-state index contributed by atoms with van der Waals surface area (Å²) in [7, 11) is 2.26. The summed E-state index contributed by atoms with van der Waals surface area (Å²) in [4.78, 5) is 12.6. The zero-order chi connectivity index (χ0) is 16.2. The monoisotopic (exact) mass is 302 g/mol. The van der Waals surface area contributed by atoms with Crippen molar-refractivity contribution >= 4 is 16.7 Å². The van der Waals surface area contributed by atoms with E-state index in [9.17, 15) is 0 Å². The van der Waals surface area contributed by atoms with E-state index >= 15 is 0 Å². The molecule has 0 amide bonds. The van der Waals surface area contributed by atoms with Crippen LogP contribution in [-0.2, 0) is 0 Å². The van der Waals surface area contributed by atoms with Gasteiger partial charge in [-0.05, 0) is 32.0 Å². The number of anilines is 1. The van der Waals surface area contributed by atoms with Gasteiger partial charge in [-0.1, -0.05) is 27.7 Å². The molecule has 2 aliphatic rings. The maximum Gasteiger partial charge on any atom is 0.139 e. The lowest BCUT2D eigenvalue weighted by Crippen LogP contribution is -2.59. The summed E-state index contributed by atoms with van der Waals surface area (Å²) in [6.07, 6.45) is 6.52. The fourth-order valence-electron chi connectivity index (χ4n) is 3.45. The molecule has 4 rings (SSSR count). The maximum atomic E-state index is 4.37. The van der Waals surface area contributed by atoms with Crippen LogP contribution in [0.5, 0.6) is 0 Å². The highest BCUT2D eigenvalue weighted by atomic mass is 15.3. The number of aromatic nitrogens is 2. The number of pyridine rings is 1. The first kappa shape index (κ1) is 16.8. The molecule has 4 heterocycles. The second kappa shape index (κ2) is 7.14. The van der Waals surface area contributed by atoms with Crippen LogP contribution in [0.4, 0.5) is 5.69 Å². The summed E-state index contributed by atoms with van der Waals surface area (Å²) >= 11 is 0. The Balaban J connectivity index is 0.000000410. The van der Waals surface area contributed by atoms with Crippen molar-refractivity contribution < 1.29 is 0 Å². The molecule has 2 aromatic heterocycles. The first-order valence-corrected chi connectivity index (χ1v) is 8.67. The summed E-state index contributed by atoms with van der Waals surface area (Å²) in [6, 6.07) is 4.28. The van der Waals surface area contributed by atoms with Crippen molar-refractivity contribution in [1.29, 1.82) is 0 Å². The molecule has 2 saturated heterocycles. The van der Waals surface area contributed by atoms with Gasteiger partial charge in [-0.2, -0.15) is 0 Å². The molecule has 1 spiro atoms. The first-order valence-electron chi connectivity index (χ1n) is 8.67. The average molecular weight is 302 g/mol. The van der Waals surface area contributed by atoms with Gasteiger partial charge in [0.25, 0.3) is 0 Å². The summed E-state index contributed by atoms with van der Waals surface area (Å²) in [5.74, 6) is 0. The normalized spacial score (nSPS) is 23.6. The van der Waals surface area contributed by atoms with Gasteiger partial charge in [-0.3, -0.25) is 4.90 Å². The smallest absolute Gasteiger partial charge is 0.139 e. The highest BCUT2D eigenvalue weighted by molar-refractivity contribution is 5.89. The van der Waals surface area contributed by atoms with E-state index in [4.69, 9.17) is 0 Å². The SMILES string of the molecule is CC.CC.CN1CCC12CCN(c1ccnc3[nH]ccc13)C2. The van der Waals surface area contributed by atoms with Gasteiger partial charge in [0.05, 0.1) is 0 Å². The highest BCUT2D eigenvalue weighted by Gasteiger charge is 2.47. The lowest BCUT2D eigenvalue weighted by Gasteiger charge is -2.48. The highest BCUT2D eigenvalue weighted by Crippen LogP contribution is 2.40.